The minimum absolute atomic E-state index is 0. The number of aryl methyl sites for hydroxylation is 1. The molecule has 2 amide bonds. The lowest BCUT2D eigenvalue weighted by molar-refractivity contribution is -0.120. The highest BCUT2D eigenvalue weighted by atomic mass is 35.5. The number of carbonyl (C=O) groups excluding carboxylic acids is 2. The second-order valence-corrected chi connectivity index (χ2v) is 5.43. The van der Waals surface area contributed by atoms with Crippen molar-refractivity contribution in [2.45, 2.75) is 25.7 Å². The van der Waals surface area contributed by atoms with Crippen molar-refractivity contribution in [3.63, 3.8) is 0 Å². The van der Waals surface area contributed by atoms with Crippen LogP contribution in [0.5, 0.6) is 0 Å². The van der Waals surface area contributed by atoms with Gasteiger partial charge < -0.3 is 16.0 Å². The van der Waals surface area contributed by atoms with E-state index in [9.17, 15) is 9.59 Å². The van der Waals surface area contributed by atoms with Gasteiger partial charge in [-0.2, -0.15) is 0 Å². The lowest BCUT2D eigenvalue weighted by Gasteiger charge is -2.22. The summed E-state index contributed by atoms with van der Waals surface area (Å²) in [5, 5.41) is 9.10. The van der Waals surface area contributed by atoms with Gasteiger partial charge in [-0.05, 0) is 56.1 Å². The summed E-state index contributed by atoms with van der Waals surface area (Å²) >= 11 is 0. The Morgan fingerprint density at radius 1 is 1.19 bits per heavy atom. The zero-order valence-corrected chi connectivity index (χ0v) is 12.6. The van der Waals surface area contributed by atoms with Gasteiger partial charge in [0.2, 0.25) is 11.8 Å². The zero-order valence-electron chi connectivity index (χ0n) is 11.8. The van der Waals surface area contributed by atoms with Crippen molar-refractivity contribution in [1.29, 1.82) is 0 Å². The Labute approximate surface area is 130 Å². The van der Waals surface area contributed by atoms with Crippen LogP contribution in [0.4, 0.5) is 11.4 Å². The van der Waals surface area contributed by atoms with Crippen LogP contribution in [0.1, 0.15) is 24.8 Å². The second kappa shape index (κ2) is 6.91. The molecular formula is C15H20ClN3O2. The molecule has 0 unspecified atom stereocenters. The van der Waals surface area contributed by atoms with Gasteiger partial charge in [0.1, 0.15) is 0 Å². The van der Waals surface area contributed by atoms with Crippen LogP contribution in [0.2, 0.25) is 0 Å². The zero-order chi connectivity index (χ0) is 13.9. The van der Waals surface area contributed by atoms with Crippen LogP contribution < -0.4 is 16.0 Å². The Balaban J connectivity index is 0.00000161. The fourth-order valence-electron chi connectivity index (χ4n) is 2.79. The molecule has 5 nitrogen and oxygen atoms in total. The van der Waals surface area contributed by atoms with Gasteiger partial charge in [-0.15, -0.1) is 12.4 Å². The van der Waals surface area contributed by atoms with Crippen molar-refractivity contribution in [3.05, 3.63) is 23.8 Å². The molecule has 2 aliphatic rings. The largest absolute Gasteiger partial charge is 0.326 e. The first kappa shape index (κ1) is 15.8. The summed E-state index contributed by atoms with van der Waals surface area (Å²) in [5.74, 6) is 0.266. The van der Waals surface area contributed by atoms with Crippen molar-refractivity contribution in [1.82, 2.24) is 5.32 Å². The van der Waals surface area contributed by atoms with Gasteiger partial charge in [0.25, 0.3) is 0 Å². The lowest BCUT2D eigenvalue weighted by atomic mass is 9.97. The Kier molecular flexibility index (Phi) is 5.20. The maximum atomic E-state index is 12.2. The Bertz CT molecular complexity index is 542. The fourth-order valence-corrected chi connectivity index (χ4v) is 2.79. The Morgan fingerprint density at radius 2 is 1.95 bits per heavy atom. The van der Waals surface area contributed by atoms with E-state index in [1.54, 1.807) is 0 Å². The van der Waals surface area contributed by atoms with E-state index in [4.69, 9.17) is 0 Å². The van der Waals surface area contributed by atoms with Crippen molar-refractivity contribution < 1.29 is 9.59 Å². The first-order valence-corrected chi connectivity index (χ1v) is 7.17. The van der Waals surface area contributed by atoms with Crippen LogP contribution in [0.25, 0.3) is 0 Å². The van der Waals surface area contributed by atoms with Crippen molar-refractivity contribution in [3.8, 4) is 0 Å². The highest BCUT2D eigenvalue weighted by molar-refractivity contribution is 5.96. The first-order chi connectivity index (χ1) is 9.72. The van der Waals surface area contributed by atoms with Gasteiger partial charge in [0.15, 0.2) is 0 Å². The third-order valence-electron chi connectivity index (χ3n) is 3.98. The number of piperidine rings is 1. The van der Waals surface area contributed by atoms with E-state index in [2.05, 4.69) is 16.0 Å². The van der Waals surface area contributed by atoms with Gasteiger partial charge >= 0.3 is 0 Å². The molecule has 3 N–H and O–H groups in total. The summed E-state index contributed by atoms with van der Waals surface area (Å²) in [6, 6.07) is 5.68. The third-order valence-corrected chi connectivity index (χ3v) is 3.98. The standard InChI is InChI=1S/C15H19N3O2.ClH/c19-14-4-1-11-9-12(2-3-13(11)18-14)17-15(20)10-5-7-16-8-6-10;/h2-3,9-10,16H,1,4-8H2,(H,17,20)(H,18,19);1H. The minimum atomic E-state index is 0. The molecule has 1 saturated heterocycles. The van der Waals surface area contributed by atoms with E-state index >= 15 is 0 Å². The van der Waals surface area contributed by atoms with E-state index in [1.165, 1.54) is 0 Å². The van der Waals surface area contributed by atoms with Crippen molar-refractivity contribution in [2.75, 3.05) is 23.7 Å². The van der Waals surface area contributed by atoms with E-state index in [0.717, 1.165) is 49.3 Å². The normalized spacial score (nSPS) is 18.2. The lowest BCUT2D eigenvalue weighted by Crippen LogP contribution is -2.34. The SMILES string of the molecule is Cl.O=C1CCc2cc(NC(=O)C3CCNCC3)ccc2N1. The van der Waals surface area contributed by atoms with E-state index in [1.807, 2.05) is 18.2 Å². The Morgan fingerprint density at radius 3 is 2.71 bits per heavy atom. The van der Waals surface area contributed by atoms with Gasteiger partial charge in [-0.1, -0.05) is 0 Å². The molecule has 0 aromatic heterocycles. The molecule has 1 aromatic carbocycles. The summed E-state index contributed by atoms with van der Waals surface area (Å²) in [5.41, 5.74) is 2.78. The van der Waals surface area contributed by atoms with Crippen molar-refractivity contribution >= 4 is 35.6 Å². The number of rotatable bonds is 2. The molecule has 0 radical (unpaired) electrons. The number of anilines is 2. The maximum Gasteiger partial charge on any atom is 0.227 e. The molecule has 1 fully saturated rings. The van der Waals surface area contributed by atoms with Crippen LogP contribution in [-0.4, -0.2) is 24.9 Å². The summed E-state index contributed by atoms with van der Waals surface area (Å²) in [6.07, 6.45) is 3.04. The number of fused-ring (bicyclic) bond motifs is 1. The summed E-state index contributed by atoms with van der Waals surface area (Å²) in [4.78, 5) is 23.5. The van der Waals surface area contributed by atoms with E-state index in [0.29, 0.717) is 6.42 Å². The second-order valence-electron chi connectivity index (χ2n) is 5.43. The first-order valence-electron chi connectivity index (χ1n) is 7.17. The molecule has 0 spiro atoms. The van der Waals surface area contributed by atoms with Crippen LogP contribution in [0.3, 0.4) is 0 Å². The minimum Gasteiger partial charge on any atom is -0.326 e. The van der Waals surface area contributed by atoms with Gasteiger partial charge in [0.05, 0.1) is 0 Å². The molecule has 0 atom stereocenters. The van der Waals surface area contributed by atoms with E-state index in [-0.39, 0.29) is 30.1 Å². The molecule has 2 heterocycles. The van der Waals surface area contributed by atoms with Gasteiger partial charge in [-0.25, -0.2) is 0 Å². The molecule has 21 heavy (non-hydrogen) atoms. The highest BCUT2D eigenvalue weighted by Crippen LogP contribution is 2.26. The van der Waals surface area contributed by atoms with Crippen LogP contribution in [0.15, 0.2) is 18.2 Å². The average molecular weight is 310 g/mol. The number of hydrogen-bond donors (Lipinski definition) is 3. The fraction of sp³-hybridized carbons (Fsp3) is 0.467. The molecule has 2 aliphatic heterocycles. The molecule has 1 aromatic rings. The van der Waals surface area contributed by atoms with Crippen molar-refractivity contribution in [2.24, 2.45) is 5.92 Å². The highest BCUT2D eigenvalue weighted by Gasteiger charge is 2.21. The van der Waals surface area contributed by atoms with Gasteiger partial charge in [-0.3, -0.25) is 9.59 Å². The molecule has 0 aliphatic carbocycles. The quantitative estimate of drug-likeness (QED) is 0.782. The van der Waals surface area contributed by atoms with Crippen LogP contribution >= 0.6 is 12.4 Å². The number of halogens is 1. The molecule has 3 rings (SSSR count). The molecule has 0 bridgehead atoms. The number of carbonyl (C=O) groups is 2. The predicted molar refractivity (Wildman–Crippen MR) is 84.9 cm³/mol. The summed E-state index contributed by atoms with van der Waals surface area (Å²) in [7, 11) is 0. The third kappa shape index (κ3) is 3.74. The molecule has 6 heteroatoms. The Hall–Kier alpha value is -1.59. The van der Waals surface area contributed by atoms with Gasteiger partial charge in [0, 0.05) is 23.7 Å². The van der Waals surface area contributed by atoms with Crippen LogP contribution in [-0.2, 0) is 16.0 Å². The topological polar surface area (TPSA) is 70.2 Å². The molecule has 0 saturated carbocycles. The summed E-state index contributed by atoms with van der Waals surface area (Å²) in [6.45, 7) is 1.82. The average Bonchev–Trinajstić information content (AvgIpc) is 2.48. The smallest absolute Gasteiger partial charge is 0.227 e. The number of nitrogens with one attached hydrogen (secondary N) is 3. The molecular weight excluding hydrogens is 290 g/mol. The van der Waals surface area contributed by atoms with E-state index < -0.39 is 0 Å². The number of benzene rings is 1. The van der Waals surface area contributed by atoms with Crippen LogP contribution in [0, 0.1) is 5.92 Å². The molecule has 114 valence electrons. The summed E-state index contributed by atoms with van der Waals surface area (Å²) < 4.78 is 0. The number of hydrogen-bond acceptors (Lipinski definition) is 3. The predicted octanol–water partition coefficient (Wildman–Crippen LogP) is 1.93. The monoisotopic (exact) mass is 309 g/mol. The number of amides is 2. The maximum absolute atomic E-state index is 12.2.